The van der Waals surface area contributed by atoms with Crippen LogP contribution in [0.1, 0.15) is 20.7 Å². The summed E-state index contributed by atoms with van der Waals surface area (Å²) >= 11 is 6.28. The molecule has 0 amide bonds. The Hall–Kier alpha value is -0.894. The van der Waals surface area contributed by atoms with Crippen LogP contribution in [0.2, 0.25) is 0 Å². The smallest absolute Gasteiger partial charge is 0.545 e. The monoisotopic (exact) mass is 422 g/mol. The van der Waals surface area contributed by atoms with Crippen LogP contribution in [-0.4, -0.2) is 35.0 Å². The molecular formula is C14H8Br2MgO4. The Morgan fingerprint density at radius 1 is 0.762 bits per heavy atom. The fourth-order valence-electron chi connectivity index (χ4n) is 1.23. The maximum atomic E-state index is 10.2. The second kappa shape index (κ2) is 9.94. The number of halogens is 2. The van der Waals surface area contributed by atoms with Gasteiger partial charge < -0.3 is 19.8 Å². The molecule has 0 bridgehead atoms. The predicted octanol–water partition coefficient (Wildman–Crippen LogP) is 1.24. The fraction of sp³-hybridized carbons (Fsp3) is 0. The van der Waals surface area contributed by atoms with Crippen LogP contribution in [0.3, 0.4) is 0 Å². The zero-order valence-corrected chi connectivity index (χ0v) is 15.3. The van der Waals surface area contributed by atoms with Gasteiger partial charge in [0.15, 0.2) is 0 Å². The van der Waals surface area contributed by atoms with Crippen molar-refractivity contribution in [2.75, 3.05) is 0 Å². The number of aromatic carboxylic acids is 2. The minimum absolute atomic E-state index is 0. The van der Waals surface area contributed by atoms with Crippen LogP contribution in [0.15, 0.2) is 57.5 Å². The largest absolute Gasteiger partial charge is 2.00 e. The number of rotatable bonds is 2. The van der Waals surface area contributed by atoms with E-state index in [9.17, 15) is 19.8 Å². The summed E-state index contributed by atoms with van der Waals surface area (Å²) < 4.78 is 1.49. The maximum Gasteiger partial charge on any atom is 2.00 e. The summed E-state index contributed by atoms with van der Waals surface area (Å²) in [6.45, 7) is 0. The van der Waals surface area contributed by atoms with E-state index in [1.807, 2.05) is 0 Å². The van der Waals surface area contributed by atoms with Gasteiger partial charge in [-0.2, -0.15) is 0 Å². The van der Waals surface area contributed by atoms with Crippen molar-refractivity contribution in [2.24, 2.45) is 0 Å². The molecule has 0 unspecified atom stereocenters. The number of benzene rings is 2. The van der Waals surface area contributed by atoms with Gasteiger partial charge >= 0.3 is 23.1 Å². The van der Waals surface area contributed by atoms with Crippen LogP contribution < -0.4 is 10.2 Å². The van der Waals surface area contributed by atoms with Crippen LogP contribution in [0.5, 0.6) is 0 Å². The number of hydrogen-bond acceptors (Lipinski definition) is 4. The Labute approximate surface area is 154 Å². The first-order valence-corrected chi connectivity index (χ1v) is 6.92. The number of carboxylic acids is 2. The summed E-state index contributed by atoms with van der Waals surface area (Å²) in [5, 5.41) is 20.4. The van der Waals surface area contributed by atoms with Crippen molar-refractivity contribution in [3.63, 3.8) is 0 Å². The Kier molecular flexibility index (Phi) is 9.51. The van der Waals surface area contributed by atoms with Gasteiger partial charge in [-0.1, -0.05) is 56.1 Å². The van der Waals surface area contributed by atoms with Crippen molar-refractivity contribution in [2.45, 2.75) is 0 Å². The van der Waals surface area contributed by atoms with Crippen molar-refractivity contribution >= 4 is 66.9 Å². The molecule has 0 aliphatic heterocycles. The van der Waals surface area contributed by atoms with Gasteiger partial charge in [-0.25, -0.2) is 0 Å². The Bertz CT molecular complexity index is 576. The van der Waals surface area contributed by atoms with Gasteiger partial charge in [0.25, 0.3) is 0 Å². The molecule has 0 spiro atoms. The fourth-order valence-corrected chi connectivity index (χ4v) is 2.03. The molecule has 0 aromatic heterocycles. The topological polar surface area (TPSA) is 80.3 Å². The Morgan fingerprint density at radius 3 is 1.29 bits per heavy atom. The van der Waals surface area contributed by atoms with Gasteiger partial charge in [0.1, 0.15) is 0 Å². The summed E-state index contributed by atoms with van der Waals surface area (Å²) in [7, 11) is 0. The molecule has 104 valence electrons. The third-order valence-electron chi connectivity index (χ3n) is 2.12. The summed E-state index contributed by atoms with van der Waals surface area (Å²) in [6, 6.07) is 12.8. The number of hydrogen-bond donors (Lipinski definition) is 0. The van der Waals surface area contributed by atoms with Gasteiger partial charge in [-0.3, -0.25) is 0 Å². The van der Waals surface area contributed by atoms with E-state index in [0.717, 1.165) is 8.95 Å². The van der Waals surface area contributed by atoms with E-state index in [0.29, 0.717) is 0 Å². The molecule has 0 N–H and O–H groups in total. The molecule has 2 aromatic carbocycles. The second-order valence-corrected chi connectivity index (χ2v) is 5.43. The second-order valence-electron chi connectivity index (χ2n) is 3.60. The summed E-state index contributed by atoms with van der Waals surface area (Å²) in [6.07, 6.45) is 0. The van der Waals surface area contributed by atoms with E-state index >= 15 is 0 Å². The first-order valence-electron chi connectivity index (χ1n) is 5.34. The van der Waals surface area contributed by atoms with Crippen LogP contribution in [0.25, 0.3) is 0 Å². The van der Waals surface area contributed by atoms with Crippen molar-refractivity contribution in [1.82, 2.24) is 0 Å². The molecule has 0 fully saturated rings. The third kappa shape index (κ3) is 7.61. The van der Waals surface area contributed by atoms with Crippen molar-refractivity contribution in [1.29, 1.82) is 0 Å². The number of carbonyl (C=O) groups excluding carboxylic acids is 2. The average molecular weight is 424 g/mol. The molecule has 0 aliphatic rings. The SMILES string of the molecule is O=C([O-])c1cccc(Br)c1.O=C([O-])c1cccc(Br)c1.[Mg+2]. The van der Waals surface area contributed by atoms with E-state index in [-0.39, 0.29) is 34.2 Å². The quantitative estimate of drug-likeness (QED) is 0.680. The average Bonchev–Trinajstić information content (AvgIpc) is 2.39. The maximum absolute atomic E-state index is 10.2. The van der Waals surface area contributed by atoms with Gasteiger partial charge in [-0.15, -0.1) is 0 Å². The molecular weight excluding hydrogens is 416 g/mol. The first-order chi connectivity index (χ1) is 9.40. The molecule has 0 atom stereocenters. The summed E-state index contributed by atoms with van der Waals surface area (Å²) in [4.78, 5) is 20.4. The van der Waals surface area contributed by atoms with Crippen LogP contribution in [0, 0.1) is 0 Å². The van der Waals surface area contributed by atoms with Crippen LogP contribution in [0.4, 0.5) is 0 Å². The summed E-state index contributed by atoms with van der Waals surface area (Å²) in [5.41, 5.74) is 0.378. The van der Waals surface area contributed by atoms with Gasteiger partial charge in [0.2, 0.25) is 0 Å². The molecule has 0 aliphatic carbocycles. The van der Waals surface area contributed by atoms with E-state index < -0.39 is 11.9 Å². The van der Waals surface area contributed by atoms with E-state index in [1.165, 1.54) is 24.3 Å². The van der Waals surface area contributed by atoms with Crippen molar-refractivity contribution in [3.8, 4) is 0 Å². The zero-order valence-electron chi connectivity index (χ0n) is 10.7. The molecule has 2 rings (SSSR count). The van der Waals surface area contributed by atoms with Gasteiger partial charge in [-0.05, 0) is 35.4 Å². The Balaban J connectivity index is 0.000000364. The number of carbonyl (C=O) groups is 2. The van der Waals surface area contributed by atoms with Crippen molar-refractivity contribution < 1.29 is 19.8 Å². The first kappa shape index (κ1) is 20.1. The van der Waals surface area contributed by atoms with Crippen LogP contribution in [-0.2, 0) is 0 Å². The molecule has 2 aromatic rings. The molecule has 4 nitrogen and oxygen atoms in total. The van der Waals surface area contributed by atoms with Crippen LogP contribution >= 0.6 is 31.9 Å². The molecule has 0 heterocycles. The minimum Gasteiger partial charge on any atom is -0.545 e. The molecule has 7 heteroatoms. The Morgan fingerprint density at radius 2 is 1.10 bits per heavy atom. The molecule has 0 saturated carbocycles. The summed E-state index contributed by atoms with van der Waals surface area (Å²) in [5.74, 6) is -2.30. The van der Waals surface area contributed by atoms with E-state index in [1.54, 1.807) is 24.3 Å². The third-order valence-corrected chi connectivity index (χ3v) is 3.11. The normalized spacial score (nSPS) is 8.86. The minimum atomic E-state index is -1.15. The van der Waals surface area contributed by atoms with Crippen molar-refractivity contribution in [3.05, 3.63) is 68.6 Å². The molecule has 0 radical (unpaired) electrons. The standard InChI is InChI=1S/2C7H5BrO2.Mg/c2*8-6-3-1-2-5(4-6)7(9)10;/h2*1-4H,(H,9,10);/q;;+2/p-2. The van der Waals surface area contributed by atoms with E-state index in [4.69, 9.17) is 0 Å². The van der Waals surface area contributed by atoms with Gasteiger partial charge in [0, 0.05) is 8.95 Å². The van der Waals surface area contributed by atoms with E-state index in [2.05, 4.69) is 31.9 Å². The van der Waals surface area contributed by atoms with Gasteiger partial charge in [0.05, 0.1) is 11.9 Å². The number of carboxylic acid groups (broad SMARTS) is 2. The molecule has 0 saturated heterocycles. The zero-order chi connectivity index (χ0) is 15.1. The molecule has 21 heavy (non-hydrogen) atoms. The predicted molar refractivity (Wildman–Crippen MR) is 82.7 cm³/mol.